The van der Waals surface area contributed by atoms with Gasteiger partial charge in [-0.1, -0.05) is 0 Å². The van der Waals surface area contributed by atoms with Crippen LogP contribution in [0.5, 0.6) is 0 Å². The van der Waals surface area contributed by atoms with Crippen molar-refractivity contribution in [2.24, 2.45) is 16.7 Å². The van der Waals surface area contributed by atoms with Gasteiger partial charge in [0.15, 0.2) is 0 Å². The maximum atomic E-state index is 2.64. The minimum atomic E-state index is -2.62. The molecule has 1 unspecified atom stereocenters. The number of benzene rings is 2. The predicted molar refractivity (Wildman–Crippen MR) is 165 cm³/mol. The summed E-state index contributed by atoms with van der Waals surface area (Å²) in [6.07, 6.45) is 8.89. The van der Waals surface area contributed by atoms with Gasteiger partial charge in [-0.05, 0) is 0 Å². The molecule has 2 aliphatic rings. The van der Waals surface area contributed by atoms with Gasteiger partial charge < -0.3 is 0 Å². The van der Waals surface area contributed by atoms with E-state index in [1.54, 1.807) is 15.3 Å². The molecule has 0 spiro atoms. The maximum absolute atomic E-state index is 2.64. The Labute approximate surface area is 240 Å². The van der Waals surface area contributed by atoms with Gasteiger partial charge in [0.05, 0.1) is 0 Å². The van der Waals surface area contributed by atoms with E-state index in [2.05, 4.69) is 138 Å². The Bertz CT molecular complexity index is 1380. The van der Waals surface area contributed by atoms with Crippen LogP contribution in [0.25, 0.3) is 0 Å². The van der Waals surface area contributed by atoms with Crippen molar-refractivity contribution in [3.63, 3.8) is 0 Å². The topological polar surface area (TPSA) is 0 Å². The van der Waals surface area contributed by atoms with Gasteiger partial charge in [-0.15, -0.1) is 0 Å². The van der Waals surface area contributed by atoms with Crippen LogP contribution in [0.2, 0.25) is 0 Å². The first kappa shape index (κ1) is 29.1. The summed E-state index contributed by atoms with van der Waals surface area (Å²) in [4.78, 5) is 0. The molecule has 0 saturated heterocycles. The molecule has 0 amide bonds. The Kier molecular flexibility index (Phi) is 8.14. The summed E-state index contributed by atoms with van der Waals surface area (Å²) in [6.45, 7) is 28.2. The van der Waals surface area contributed by atoms with Crippen LogP contribution in [0.4, 0.5) is 0 Å². The zero-order chi connectivity index (χ0) is 28.2. The van der Waals surface area contributed by atoms with Gasteiger partial charge in [0.25, 0.3) is 0 Å². The van der Waals surface area contributed by atoms with Gasteiger partial charge in [0, 0.05) is 0 Å². The molecule has 0 aromatic heterocycles. The molecule has 0 fully saturated rings. The van der Waals surface area contributed by atoms with Crippen molar-refractivity contribution in [2.75, 3.05) is 0 Å². The van der Waals surface area contributed by atoms with Crippen molar-refractivity contribution in [1.29, 1.82) is 0 Å². The summed E-state index contributed by atoms with van der Waals surface area (Å²) in [5, 5.41) is 0. The van der Waals surface area contributed by atoms with Crippen LogP contribution in [0.3, 0.4) is 0 Å². The minimum absolute atomic E-state index is 0.165. The number of allylic oxidation sites excluding steroid dienone is 8. The SMILES string of the molecule is CC1=[C]([Zr]([C]2=CC(C(C)(C)C)=CC2C)=[C](c2ccc(C)cc2C)c2ccc(C)cc2C)CC(C(C)(C)C)=C1. The molecule has 0 N–H and O–H groups in total. The summed E-state index contributed by atoms with van der Waals surface area (Å²) >= 11 is -2.62. The monoisotopic (exact) mass is 582 g/mol. The van der Waals surface area contributed by atoms with Crippen molar-refractivity contribution in [3.05, 3.63) is 111 Å². The summed E-state index contributed by atoms with van der Waals surface area (Å²) in [7, 11) is 0. The van der Waals surface area contributed by atoms with Gasteiger partial charge in [0.2, 0.25) is 0 Å². The molecule has 0 saturated carbocycles. The Morgan fingerprint density at radius 3 is 1.66 bits per heavy atom. The first-order chi connectivity index (χ1) is 17.6. The summed E-state index contributed by atoms with van der Waals surface area (Å²) in [6, 6.07) is 14.3. The Hall–Kier alpha value is -1.85. The van der Waals surface area contributed by atoms with Gasteiger partial charge in [-0.3, -0.25) is 0 Å². The molecule has 2 aromatic carbocycles. The van der Waals surface area contributed by atoms with Gasteiger partial charge in [-0.2, -0.15) is 0 Å². The van der Waals surface area contributed by atoms with E-state index in [4.69, 9.17) is 0 Å². The van der Waals surface area contributed by atoms with Gasteiger partial charge in [-0.25, -0.2) is 0 Å². The zero-order valence-electron chi connectivity index (χ0n) is 26.0. The third-order valence-corrected chi connectivity index (χ3v) is 16.8. The van der Waals surface area contributed by atoms with E-state index in [1.165, 1.54) is 44.5 Å². The summed E-state index contributed by atoms with van der Waals surface area (Å²) < 4.78 is 5.18. The molecule has 2 aromatic rings. The van der Waals surface area contributed by atoms with Crippen LogP contribution >= 0.6 is 0 Å². The fraction of sp³-hybridized carbons (Fsp3) is 0.432. The standard InChI is InChI=1S/C17H18.2C10H15.Zr/c1-12-5-7-16(14(3)9-12)11-17-8-6-13(2)10-15(17)4;2*1-8-5-6-9(7-8)10(2,3)4;/h5-10H,1-4H3;7H,6H2,1-4H3;6-8H,1-4H3;. The van der Waals surface area contributed by atoms with Crippen LogP contribution in [0.1, 0.15) is 95.2 Å². The van der Waals surface area contributed by atoms with E-state index in [1.807, 2.05) is 0 Å². The quantitative estimate of drug-likeness (QED) is 0.336. The fourth-order valence-corrected chi connectivity index (χ4v) is 15.2. The molecule has 0 heterocycles. The molecule has 1 heteroatoms. The number of hydrogen-bond donors (Lipinski definition) is 0. The van der Waals surface area contributed by atoms with E-state index in [9.17, 15) is 0 Å². The van der Waals surface area contributed by atoms with Crippen molar-refractivity contribution in [3.8, 4) is 0 Å². The second kappa shape index (κ2) is 10.6. The molecular weight excluding hydrogens is 536 g/mol. The predicted octanol–water partition coefficient (Wildman–Crippen LogP) is 10.3. The first-order valence-corrected chi connectivity index (χ1v) is 18.0. The number of hydrogen-bond acceptors (Lipinski definition) is 0. The third kappa shape index (κ3) is 5.84. The molecule has 1 atom stereocenters. The molecule has 38 heavy (non-hydrogen) atoms. The molecule has 2 aliphatic carbocycles. The third-order valence-electron chi connectivity index (χ3n) is 8.44. The number of aryl methyl sites for hydroxylation is 4. The fourth-order valence-electron chi connectivity index (χ4n) is 6.04. The molecule has 200 valence electrons. The van der Waals surface area contributed by atoms with Gasteiger partial charge >= 0.3 is 242 Å². The van der Waals surface area contributed by atoms with Crippen LogP contribution in [0.15, 0.2) is 77.9 Å². The molecule has 4 rings (SSSR count). The normalized spacial score (nSPS) is 18.0. The van der Waals surface area contributed by atoms with Crippen molar-refractivity contribution >= 4 is 3.21 Å². The number of rotatable bonds is 4. The van der Waals surface area contributed by atoms with E-state index in [0.29, 0.717) is 5.92 Å². The van der Waals surface area contributed by atoms with Crippen molar-refractivity contribution in [2.45, 2.75) is 89.5 Å². The molecule has 0 bridgehead atoms. The van der Waals surface area contributed by atoms with Crippen LogP contribution in [-0.4, -0.2) is 3.21 Å². The second-order valence-corrected chi connectivity index (χ2v) is 19.9. The average Bonchev–Trinajstić information content (AvgIpc) is 3.36. The average molecular weight is 584 g/mol. The zero-order valence-corrected chi connectivity index (χ0v) is 28.4. The summed E-state index contributed by atoms with van der Waals surface area (Å²) in [5.41, 5.74) is 13.5. The Morgan fingerprint density at radius 1 is 0.737 bits per heavy atom. The summed E-state index contributed by atoms with van der Waals surface area (Å²) in [5.74, 6) is 0.490. The first-order valence-electron chi connectivity index (χ1n) is 14.3. The van der Waals surface area contributed by atoms with Crippen molar-refractivity contribution < 1.29 is 21.3 Å². The molecule has 0 radical (unpaired) electrons. The van der Waals surface area contributed by atoms with Gasteiger partial charge in [0.1, 0.15) is 0 Å². The Morgan fingerprint density at radius 2 is 1.26 bits per heavy atom. The van der Waals surface area contributed by atoms with E-state index in [0.717, 1.165) is 6.42 Å². The Balaban J connectivity index is 2.12. The van der Waals surface area contributed by atoms with Crippen molar-refractivity contribution in [1.82, 2.24) is 0 Å². The van der Waals surface area contributed by atoms with Crippen LogP contribution < -0.4 is 0 Å². The molecular formula is C37H48Zr. The van der Waals surface area contributed by atoms with Crippen LogP contribution in [-0.2, 0) is 21.3 Å². The molecule has 0 nitrogen and oxygen atoms in total. The second-order valence-electron chi connectivity index (χ2n) is 13.9. The van der Waals surface area contributed by atoms with Crippen LogP contribution in [0, 0.1) is 44.4 Å². The van der Waals surface area contributed by atoms with E-state index < -0.39 is 21.3 Å². The van der Waals surface area contributed by atoms with E-state index >= 15 is 0 Å². The molecule has 0 aliphatic heterocycles. The van der Waals surface area contributed by atoms with E-state index in [-0.39, 0.29) is 10.8 Å².